The van der Waals surface area contributed by atoms with Gasteiger partial charge in [-0.2, -0.15) is 0 Å². The van der Waals surface area contributed by atoms with Gasteiger partial charge in [0.25, 0.3) is 5.91 Å². The summed E-state index contributed by atoms with van der Waals surface area (Å²) >= 11 is 0. The average molecular weight is 383 g/mol. The maximum absolute atomic E-state index is 14.4. The predicted molar refractivity (Wildman–Crippen MR) is 101 cm³/mol. The highest BCUT2D eigenvalue weighted by Gasteiger charge is 2.33. The van der Waals surface area contributed by atoms with Crippen molar-refractivity contribution >= 4 is 11.7 Å². The molecule has 146 valence electrons. The molecular weight excluding hydrogens is 361 g/mol. The zero-order valence-electron chi connectivity index (χ0n) is 16.0. The van der Waals surface area contributed by atoms with E-state index < -0.39 is 5.82 Å². The highest BCUT2D eigenvalue weighted by atomic mass is 19.1. The maximum Gasteiger partial charge on any atom is 0.256 e. The first kappa shape index (κ1) is 18.5. The van der Waals surface area contributed by atoms with Crippen LogP contribution < -0.4 is 9.47 Å². The molecule has 0 bridgehead atoms. The number of hydrogen-bond donors (Lipinski definition) is 0. The molecule has 1 amide bonds. The van der Waals surface area contributed by atoms with E-state index in [1.54, 1.807) is 4.90 Å². The number of aryl methyl sites for hydroxylation is 2. The van der Waals surface area contributed by atoms with Crippen LogP contribution in [0.1, 0.15) is 27.0 Å². The number of carbonyl (C=O) groups excluding carboxylic acids is 2. The van der Waals surface area contributed by atoms with E-state index in [2.05, 4.69) is 6.07 Å². The summed E-state index contributed by atoms with van der Waals surface area (Å²) in [6.45, 7) is 5.56. The fourth-order valence-electron chi connectivity index (χ4n) is 3.64. The second kappa shape index (κ2) is 7.26. The Kier molecular flexibility index (Phi) is 4.79. The number of halogens is 1. The largest absolute Gasteiger partial charge is 0.493 e. The van der Waals surface area contributed by atoms with Crippen molar-refractivity contribution < 1.29 is 23.5 Å². The first-order valence-electron chi connectivity index (χ1n) is 9.37. The van der Waals surface area contributed by atoms with Crippen molar-refractivity contribution in [1.29, 1.82) is 0 Å². The number of benzene rings is 2. The van der Waals surface area contributed by atoms with Gasteiger partial charge in [0.1, 0.15) is 23.9 Å². The smallest absolute Gasteiger partial charge is 0.256 e. The monoisotopic (exact) mass is 383 g/mol. The van der Waals surface area contributed by atoms with E-state index in [1.165, 1.54) is 17.7 Å². The highest BCUT2D eigenvalue weighted by molar-refractivity contribution is 5.96. The normalized spacial score (nSPS) is 16.2. The van der Waals surface area contributed by atoms with Crippen LogP contribution in [0, 0.1) is 25.6 Å². The molecule has 0 spiro atoms. The van der Waals surface area contributed by atoms with E-state index in [1.807, 2.05) is 26.0 Å². The van der Waals surface area contributed by atoms with E-state index in [0.717, 1.165) is 11.3 Å². The molecule has 0 N–H and O–H groups in total. The van der Waals surface area contributed by atoms with Crippen molar-refractivity contribution in [2.24, 2.45) is 5.92 Å². The molecule has 2 aliphatic rings. The standard InChI is InChI=1S/C22H22FNO4/c1-13-3-4-20(14(2)5-13)27-11-15-9-24(10-15)22(26)18-7-16-6-17(25)12-28-21(16)8-19(18)23/h3-5,7-8,15H,6,9-12H2,1-2H3. The second-order valence-electron chi connectivity index (χ2n) is 7.60. The van der Waals surface area contributed by atoms with E-state index in [0.29, 0.717) is 31.0 Å². The Labute approximate surface area is 163 Å². The Morgan fingerprint density at radius 1 is 1.25 bits per heavy atom. The summed E-state index contributed by atoms with van der Waals surface area (Å²) in [6.07, 6.45) is 0.169. The topological polar surface area (TPSA) is 55.8 Å². The zero-order chi connectivity index (χ0) is 19.8. The molecule has 0 unspecified atom stereocenters. The third-order valence-electron chi connectivity index (χ3n) is 5.21. The van der Waals surface area contributed by atoms with Gasteiger partial charge in [-0.25, -0.2) is 4.39 Å². The predicted octanol–water partition coefficient (Wildman–Crippen LogP) is 3.10. The van der Waals surface area contributed by atoms with Crippen LogP contribution >= 0.6 is 0 Å². The molecule has 5 nitrogen and oxygen atoms in total. The molecule has 0 radical (unpaired) electrons. The number of nitrogens with zero attached hydrogens (tertiary/aromatic N) is 1. The van der Waals surface area contributed by atoms with Crippen molar-refractivity contribution in [3.63, 3.8) is 0 Å². The van der Waals surface area contributed by atoms with Gasteiger partial charge < -0.3 is 14.4 Å². The number of ketones is 1. The third-order valence-corrected chi connectivity index (χ3v) is 5.21. The molecule has 1 saturated heterocycles. The number of Topliss-reactive ketones (excluding diaryl/α,β-unsaturated/α-hetero) is 1. The van der Waals surface area contributed by atoms with Gasteiger partial charge in [0.2, 0.25) is 0 Å². The van der Waals surface area contributed by atoms with Gasteiger partial charge in [0.15, 0.2) is 5.78 Å². The summed E-state index contributed by atoms with van der Waals surface area (Å²) in [5.74, 6) is 0.354. The van der Waals surface area contributed by atoms with Crippen LogP contribution in [0.15, 0.2) is 30.3 Å². The molecule has 2 aromatic carbocycles. The summed E-state index contributed by atoms with van der Waals surface area (Å²) in [6, 6.07) is 8.68. The van der Waals surface area contributed by atoms with Gasteiger partial charge in [-0.3, -0.25) is 9.59 Å². The molecule has 0 atom stereocenters. The molecule has 6 heteroatoms. The lowest BCUT2D eigenvalue weighted by atomic mass is 9.97. The van der Waals surface area contributed by atoms with Crippen molar-refractivity contribution in [3.8, 4) is 11.5 Å². The first-order chi connectivity index (χ1) is 13.4. The lowest BCUT2D eigenvalue weighted by Crippen LogP contribution is -2.52. The maximum atomic E-state index is 14.4. The number of rotatable bonds is 4. The first-order valence-corrected chi connectivity index (χ1v) is 9.37. The zero-order valence-corrected chi connectivity index (χ0v) is 16.0. The number of fused-ring (bicyclic) bond motifs is 1. The molecule has 0 saturated carbocycles. The summed E-state index contributed by atoms with van der Waals surface area (Å²) in [5.41, 5.74) is 2.83. The van der Waals surface area contributed by atoms with Crippen LogP contribution in [0.4, 0.5) is 4.39 Å². The average Bonchev–Trinajstić information content (AvgIpc) is 2.61. The van der Waals surface area contributed by atoms with E-state index >= 15 is 0 Å². The van der Waals surface area contributed by atoms with Gasteiger partial charge in [-0.05, 0) is 31.5 Å². The minimum atomic E-state index is -0.618. The fourth-order valence-corrected chi connectivity index (χ4v) is 3.64. The molecule has 28 heavy (non-hydrogen) atoms. The van der Waals surface area contributed by atoms with Crippen LogP contribution in [0.5, 0.6) is 11.5 Å². The van der Waals surface area contributed by atoms with E-state index in [9.17, 15) is 14.0 Å². The number of ether oxygens (including phenoxy) is 2. The summed E-state index contributed by atoms with van der Waals surface area (Å²) in [4.78, 5) is 25.8. The van der Waals surface area contributed by atoms with Crippen LogP contribution in [0.3, 0.4) is 0 Å². The van der Waals surface area contributed by atoms with Crippen molar-refractivity contribution in [3.05, 3.63) is 58.4 Å². The van der Waals surface area contributed by atoms with Crippen molar-refractivity contribution in [1.82, 2.24) is 4.90 Å². The van der Waals surface area contributed by atoms with Crippen LogP contribution in [-0.2, 0) is 11.2 Å². The minimum absolute atomic E-state index is 0.00852. The number of hydrogen-bond acceptors (Lipinski definition) is 4. The fraction of sp³-hybridized carbons (Fsp3) is 0.364. The van der Waals surface area contributed by atoms with Gasteiger partial charge in [-0.1, -0.05) is 17.7 Å². The Morgan fingerprint density at radius 2 is 2.04 bits per heavy atom. The van der Waals surface area contributed by atoms with Crippen LogP contribution in [0.25, 0.3) is 0 Å². The quantitative estimate of drug-likeness (QED) is 0.814. The Bertz CT molecular complexity index is 950. The van der Waals surface area contributed by atoms with Crippen molar-refractivity contribution in [2.75, 3.05) is 26.3 Å². The summed E-state index contributed by atoms with van der Waals surface area (Å²) in [7, 11) is 0. The molecule has 1 fully saturated rings. The Balaban J connectivity index is 1.36. The van der Waals surface area contributed by atoms with Crippen LogP contribution in [0.2, 0.25) is 0 Å². The minimum Gasteiger partial charge on any atom is -0.493 e. The Hall–Kier alpha value is -2.89. The molecule has 2 heterocycles. The highest BCUT2D eigenvalue weighted by Crippen LogP contribution is 2.29. The molecule has 2 aromatic rings. The summed E-state index contributed by atoms with van der Waals surface area (Å²) in [5, 5.41) is 0. The third kappa shape index (κ3) is 3.59. The van der Waals surface area contributed by atoms with Crippen molar-refractivity contribution in [2.45, 2.75) is 20.3 Å². The Morgan fingerprint density at radius 3 is 2.79 bits per heavy atom. The second-order valence-corrected chi connectivity index (χ2v) is 7.60. The lowest BCUT2D eigenvalue weighted by molar-refractivity contribution is -0.121. The number of likely N-dealkylation sites (tertiary alicyclic amines) is 1. The molecule has 0 aliphatic carbocycles. The van der Waals surface area contributed by atoms with E-state index in [4.69, 9.17) is 9.47 Å². The molecule has 4 rings (SSSR count). The number of carbonyl (C=O) groups is 2. The molecule has 0 aromatic heterocycles. The molecular formula is C22H22FNO4. The van der Waals surface area contributed by atoms with E-state index in [-0.39, 0.29) is 36.2 Å². The molecule has 2 aliphatic heterocycles. The van der Waals surface area contributed by atoms with Crippen LogP contribution in [-0.4, -0.2) is 42.9 Å². The van der Waals surface area contributed by atoms with Gasteiger partial charge in [-0.15, -0.1) is 0 Å². The van der Waals surface area contributed by atoms with Gasteiger partial charge >= 0.3 is 0 Å². The van der Waals surface area contributed by atoms with Gasteiger partial charge in [0, 0.05) is 37.1 Å². The summed E-state index contributed by atoms with van der Waals surface area (Å²) < 4.78 is 25.5. The number of amides is 1. The lowest BCUT2D eigenvalue weighted by Gasteiger charge is -2.39. The SMILES string of the molecule is Cc1ccc(OCC2CN(C(=O)c3cc4c(cc3F)OCC(=O)C4)C2)c(C)c1. The van der Waals surface area contributed by atoms with Gasteiger partial charge in [0.05, 0.1) is 12.2 Å².